The van der Waals surface area contributed by atoms with Crippen molar-refractivity contribution in [2.75, 3.05) is 7.11 Å². The van der Waals surface area contributed by atoms with E-state index < -0.39 is 0 Å². The molecule has 0 fully saturated rings. The van der Waals surface area contributed by atoms with Gasteiger partial charge in [-0.2, -0.15) is 0 Å². The number of hydrogen-bond acceptors (Lipinski definition) is 5. The lowest BCUT2D eigenvalue weighted by Gasteiger charge is -2.09. The van der Waals surface area contributed by atoms with Gasteiger partial charge >= 0.3 is 0 Å². The van der Waals surface area contributed by atoms with Gasteiger partial charge in [0.25, 0.3) is 11.6 Å². The Hall–Kier alpha value is -3.51. The lowest BCUT2D eigenvalue weighted by molar-refractivity contribution is 0.0952. The van der Waals surface area contributed by atoms with Crippen LogP contribution in [0.3, 0.4) is 0 Å². The summed E-state index contributed by atoms with van der Waals surface area (Å²) in [7, 11) is 1.67. The first-order valence-electron chi connectivity index (χ1n) is 9.33. The lowest BCUT2D eigenvalue weighted by Crippen LogP contribution is -2.23. The number of rotatable bonds is 6. The van der Waals surface area contributed by atoms with Crippen molar-refractivity contribution in [3.05, 3.63) is 83.0 Å². The third-order valence-corrected chi connectivity index (χ3v) is 4.72. The first-order valence-corrected chi connectivity index (χ1v) is 9.33. The first kappa shape index (κ1) is 18.8. The number of methoxy groups -OCH3 is 1. The van der Waals surface area contributed by atoms with E-state index in [1.807, 2.05) is 54.6 Å². The number of ether oxygens (including phenoxy) is 1. The summed E-state index contributed by atoms with van der Waals surface area (Å²) in [6.45, 7) is 2.79. The normalized spacial score (nSPS) is 11.0. The van der Waals surface area contributed by atoms with Crippen molar-refractivity contribution in [1.29, 1.82) is 0 Å². The summed E-state index contributed by atoms with van der Waals surface area (Å²) in [5.41, 5.74) is 5.18. The fraction of sp³-hybridized carbons (Fsp3) is 0.174. The third-order valence-electron chi connectivity index (χ3n) is 4.72. The summed E-state index contributed by atoms with van der Waals surface area (Å²) in [6.07, 6.45) is 0. The van der Waals surface area contributed by atoms with E-state index in [1.165, 1.54) is 0 Å². The zero-order valence-corrected chi connectivity index (χ0v) is 16.3. The number of aryl methyl sites for hydroxylation is 1. The van der Waals surface area contributed by atoms with Gasteiger partial charge in [0, 0.05) is 19.2 Å². The fourth-order valence-electron chi connectivity index (χ4n) is 3.23. The smallest absolute Gasteiger partial charge is 0.259 e. The van der Waals surface area contributed by atoms with E-state index in [1.54, 1.807) is 20.1 Å². The molecule has 0 bridgehead atoms. The molecule has 0 spiro atoms. The largest absolute Gasteiger partial charge is 0.380 e. The molecule has 1 amide bonds. The molecule has 4 aromatic rings. The Morgan fingerprint density at radius 2 is 1.79 bits per heavy atom. The van der Waals surface area contributed by atoms with Crippen LogP contribution in [0.5, 0.6) is 0 Å². The highest BCUT2D eigenvalue weighted by molar-refractivity contribution is 6.06. The summed E-state index contributed by atoms with van der Waals surface area (Å²) in [5, 5.41) is 7.61. The van der Waals surface area contributed by atoms with Crippen LogP contribution in [0.25, 0.3) is 22.4 Å². The van der Waals surface area contributed by atoms with Gasteiger partial charge in [-0.15, -0.1) is 0 Å². The summed E-state index contributed by atoms with van der Waals surface area (Å²) >= 11 is 0. The monoisotopic (exact) mass is 387 g/mol. The van der Waals surface area contributed by atoms with Crippen LogP contribution >= 0.6 is 0 Å². The Morgan fingerprint density at radius 3 is 2.52 bits per heavy atom. The average molecular weight is 387 g/mol. The molecule has 2 heterocycles. The van der Waals surface area contributed by atoms with Crippen LogP contribution in [0, 0.1) is 6.92 Å². The predicted molar refractivity (Wildman–Crippen MR) is 110 cm³/mol. The number of hydrogen-bond donors (Lipinski definition) is 1. The summed E-state index contributed by atoms with van der Waals surface area (Å²) < 4.78 is 10.5. The summed E-state index contributed by atoms with van der Waals surface area (Å²) in [5.74, 6) is -0.193. The van der Waals surface area contributed by atoms with Crippen LogP contribution in [0.2, 0.25) is 0 Å². The second-order valence-electron chi connectivity index (χ2n) is 6.80. The van der Waals surface area contributed by atoms with Crippen LogP contribution in [0.15, 0.2) is 65.2 Å². The van der Waals surface area contributed by atoms with E-state index in [4.69, 9.17) is 9.26 Å². The zero-order chi connectivity index (χ0) is 20.2. The highest BCUT2D eigenvalue weighted by Crippen LogP contribution is 2.27. The van der Waals surface area contributed by atoms with Crippen LogP contribution in [-0.4, -0.2) is 23.2 Å². The van der Waals surface area contributed by atoms with Crippen molar-refractivity contribution >= 4 is 17.0 Å². The molecule has 0 aliphatic carbocycles. The number of carbonyl (C=O) groups excluding carboxylic acids is 1. The van der Waals surface area contributed by atoms with E-state index in [0.29, 0.717) is 41.2 Å². The minimum atomic E-state index is -0.193. The predicted octanol–water partition coefficient (Wildman–Crippen LogP) is 4.27. The van der Waals surface area contributed by atoms with Crippen LogP contribution in [0.4, 0.5) is 0 Å². The minimum Gasteiger partial charge on any atom is -0.380 e. The molecule has 0 saturated heterocycles. The summed E-state index contributed by atoms with van der Waals surface area (Å²) in [6, 6.07) is 19.4. The molecule has 29 heavy (non-hydrogen) atoms. The third kappa shape index (κ3) is 4.02. The Morgan fingerprint density at radius 1 is 1.07 bits per heavy atom. The standard InChI is InChI=1S/C23H21N3O3/c1-15-21-19(22(27)24-13-16-8-10-17(11-9-16)14-28-2)12-20(25-23(21)29-26-15)18-6-4-3-5-7-18/h3-12H,13-14H2,1-2H3,(H,24,27). The van der Waals surface area contributed by atoms with Gasteiger partial charge in [-0.1, -0.05) is 59.8 Å². The van der Waals surface area contributed by atoms with E-state index in [2.05, 4.69) is 15.5 Å². The fourth-order valence-corrected chi connectivity index (χ4v) is 3.23. The van der Waals surface area contributed by atoms with Gasteiger partial charge in [-0.3, -0.25) is 4.79 Å². The Kier molecular flexibility index (Phi) is 5.35. The minimum absolute atomic E-state index is 0.193. The SMILES string of the molecule is COCc1ccc(CNC(=O)c2cc(-c3ccccc3)nc3onc(C)c23)cc1. The molecule has 2 aromatic carbocycles. The number of nitrogens with zero attached hydrogens (tertiary/aromatic N) is 2. The molecule has 0 unspecified atom stereocenters. The quantitative estimate of drug-likeness (QED) is 0.534. The molecule has 0 radical (unpaired) electrons. The molecule has 0 aliphatic heterocycles. The molecule has 0 aliphatic rings. The Bertz CT molecular complexity index is 1140. The molecule has 1 N–H and O–H groups in total. The maximum Gasteiger partial charge on any atom is 0.259 e. The number of benzene rings is 2. The van der Waals surface area contributed by atoms with E-state index in [-0.39, 0.29) is 5.91 Å². The number of carbonyl (C=O) groups is 1. The maximum absolute atomic E-state index is 13.0. The lowest BCUT2D eigenvalue weighted by atomic mass is 10.0. The Balaban J connectivity index is 1.61. The van der Waals surface area contributed by atoms with Gasteiger partial charge in [-0.25, -0.2) is 4.98 Å². The second-order valence-corrected chi connectivity index (χ2v) is 6.80. The van der Waals surface area contributed by atoms with E-state index >= 15 is 0 Å². The zero-order valence-electron chi connectivity index (χ0n) is 16.3. The maximum atomic E-state index is 13.0. The van der Waals surface area contributed by atoms with Crippen LogP contribution < -0.4 is 5.32 Å². The van der Waals surface area contributed by atoms with Crippen LogP contribution in [0.1, 0.15) is 27.2 Å². The molecule has 6 nitrogen and oxygen atoms in total. The van der Waals surface area contributed by atoms with Crippen molar-refractivity contribution in [2.45, 2.75) is 20.1 Å². The molecule has 146 valence electrons. The molecule has 6 heteroatoms. The van der Waals surface area contributed by atoms with Gasteiger partial charge in [0.1, 0.15) is 0 Å². The van der Waals surface area contributed by atoms with Gasteiger partial charge in [-0.05, 0) is 24.1 Å². The van der Waals surface area contributed by atoms with Gasteiger partial charge in [0.15, 0.2) is 0 Å². The number of amides is 1. The number of aromatic nitrogens is 2. The van der Waals surface area contributed by atoms with Crippen molar-refractivity contribution in [3.63, 3.8) is 0 Å². The Labute approximate surface area is 168 Å². The van der Waals surface area contributed by atoms with Gasteiger partial charge in [0.05, 0.1) is 28.9 Å². The highest BCUT2D eigenvalue weighted by Gasteiger charge is 2.19. The van der Waals surface area contributed by atoms with E-state index in [0.717, 1.165) is 16.7 Å². The van der Waals surface area contributed by atoms with Crippen molar-refractivity contribution in [3.8, 4) is 11.3 Å². The van der Waals surface area contributed by atoms with Crippen molar-refractivity contribution in [2.24, 2.45) is 0 Å². The average Bonchev–Trinajstić information content (AvgIpc) is 3.14. The second kappa shape index (κ2) is 8.24. The molecule has 0 atom stereocenters. The number of pyridine rings is 1. The molecular weight excluding hydrogens is 366 g/mol. The molecule has 0 saturated carbocycles. The number of fused-ring (bicyclic) bond motifs is 1. The topological polar surface area (TPSA) is 77.2 Å². The molecule has 2 aromatic heterocycles. The molecule has 4 rings (SSSR count). The van der Waals surface area contributed by atoms with Gasteiger partial charge < -0.3 is 14.6 Å². The number of nitrogens with one attached hydrogen (secondary N) is 1. The van der Waals surface area contributed by atoms with Crippen LogP contribution in [-0.2, 0) is 17.9 Å². The van der Waals surface area contributed by atoms with Crippen molar-refractivity contribution in [1.82, 2.24) is 15.5 Å². The molecular formula is C23H21N3O3. The summed E-state index contributed by atoms with van der Waals surface area (Å²) in [4.78, 5) is 17.5. The van der Waals surface area contributed by atoms with E-state index in [9.17, 15) is 4.79 Å². The van der Waals surface area contributed by atoms with Crippen molar-refractivity contribution < 1.29 is 14.1 Å². The highest BCUT2D eigenvalue weighted by atomic mass is 16.5. The van der Waals surface area contributed by atoms with Gasteiger partial charge in [0.2, 0.25) is 0 Å². The first-order chi connectivity index (χ1) is 14.2.